The third kappa shape index (κ3) is 3.46. The molecule has 0 amide bonds. The van der Waals surface area contributed by atoms with E-state index in [0.29, 0.717) is 47.1 Å². The van der Waals surface area contributed by atoms with Gasteiger partial charge in [0.25, 0.3) is 11.2 Å². The summed E-state index contributed by atoms with van der Waals surface area (Å²) in [7, 11) is 0. The summed E-state index contributed by atoms with van der Waals surface area (Å²) in [5.41, 5.74) is 1.22. The molecule has 1 aromatic carbocycles. The molecule has 150 valence electrons. The van der Waals surface area contributed by atoms with Crippen molar-refractivity contribution in [2.24, 2.45) is 0 Å². The number of ketones is 1. The molecule has 29 heavy (non-hydrogen) atoms. The van der Waals surface area contributed by atoms with Crippen molar-refractivity contribution in [3.63, 3.8) is 0 Å². The summed E-state index contributed by atoms with van der Waals surface area (Å²) < 4.78 is 0. The number of allylic oxidation sites excluding steroid dienone is 2. The van der Waals surface area contributed by atoms with Gasteiger partial charge in [-0.05, 0) is 12.8 Å². The predicted octanol–water partition coefficient (Wildman–Crippen LogP) is 3.74. The number of aromatic amines is 1. The summed E-state index contributed by atoms with van der Waals surface area (Å²) in [6, 6.07) is 6.27. The maximum Gasteiger partial charge on any atom is 0.273 e. The van der Waals surface area contributed by atoms with Gasteiger partial charge < -0.3 is 10.3 Å². The minimum Gasteiger partial charge on any atom is -0.343 e. The van der Waals surface area contributed by atoms with Crippen LogP contribution in [0.15, 0.2) is 45.5 Å². The molecule has 2 heterocycles. The minimum atomic E-state index is -0.815. The Kier molecular flexibility index (Phi) is 4.99. The first-order chi connectivity index (χ1) is 13.9. The van der Waals surface area contributed by atoms with Gasteiger partial charge in [0.2, 0.25) is 0 Å². The van der Waals surface area contributed by atoms with Gasteiger partial charge in [0.15, 0.2) is 10.9 Å². The molecule has 0 spiro atoms. The van der Waals surface area contributed by atoms with E-state index in [9.17, 15) is 19.7 Å². The van der Waals surface area contributed by atoms with Crippen LogP contribution in [-0.2, 0) is 4.79 Å². The monoisotopic (exact) mass is 412 g/mol. The van der Waals surface area contributed by atoms with E-state index in [4.69, 9.17) is 0 Å². The number of nitro benzene ring substituents is 1. The molecule has 1 aromatic heterocycles. The molecule has 8 nitrogen and oxygen atoms in total. The molecule has 4 rings (SSSR count). The van der Waals surface area contributed by atoms with Gasteiger partial charge in [-0.2, -0.15) is 0 Å². The summed E-state index contributed by atoms with van der Waals surface area (Å²) in [6.45, 7) is 3.99. The zero-order valence-corrected chi connectivity index (χ0v) is 16.8. The fraction of sp³-hybridized carbons (Fsp3) is 0.350. The standard InChI is InChI=1S/C20H20N4O4S/c1-10(2)29-20-22-18-17(19(26)23-20)15(11-6-3-4-8-13(11)24(27)28)16-12(21-18)7-5-9-14(16)25/h3-4,6,8,10,15H,5,7,9H2,1-2H3,(H2,21,22,23,26). The number of fused-ring (bicyclic) bond motifs is 1. The summed E-state index contributed by atoms with van der Waals surface area (Å²) in [6.07, 6.45) is 1.69. The Balaban J connectivity index is 1.98. The largest absolute Gasteiger partial charge is 0.343 e. The average Bonchev–Trinajstić information content (AvgIpc) is 2.66. The van der Waals surface area contributed by atoms with Crippen LogP contribution in [0.3, 0.4) is 0 Å². The van der Waals surface area contributed by atoms with E-state index in [0.717, 1.165) is 0 Å². The number of nitro groups is 1. The van der Waals surface area contributed by atoms with Crippen molar-refractivity contribution in [1.82, 2.24) is 9.97 Å². The summed E-state index contributed by atoms with van der Waals surface area (Å²) in [5.74, 6) is -0.536. The number of para-hydroxylation sites is 1. The molecule has 2 aliphatic rings. The quantitative estimate of drug-likeness (QED) is 0.340. The van der Waals surface area contributed by atoms with Crippen LogP contribution >= 0.6 is 11.8 Å². The lowest BCUT2D eigenvalue weighted by atomic mass is 9.76. The van der Waals surface area contributed by atoms with Crippen LogP contribution in [0, 0.1) is 10.1 Å². The number of hydrogen-bond donors (Lipinski definition) is 2. The Hall–Kier alpha value is -2.94. The van der Waals surface area contributed by atoms with Crippen molar-refractivity contribution in [2.45, 2.75) is 49.4 Å². The first-order valence-electron chi connectivity index (χ1n) is 9.44. The third-order valence-electron chi connectivity index (χ3n) is 5.03. The van der Waals surface area contributed by atoms with Crippen LogP contribution in [0.25, 0.3) is 0 Å². The van der Waals surface area contributed by atoms with Crippen LogP contribution in [-0.4, -0.2) is 25.9 Å². The molecular weight excluding hydrogens is 392 g/mol. The number of nitrogens with zero attached hydrogens (tertiary/aromatic N) is 2. The second-order valence-corrected chi connectivity index (χ2v) is 8.91. The zero-order valence-electron chi connectivity index (χ0n) is 16.0. The van der Waals surface area contributed by atoms with Gasteiger partial charge in [0.05, 0.1) is 16.4 Å². The molecule has 9 heteroatoms. The molecule has 1 aliphatic carbocycles. The Bertz CT molecular complexity index is 1110. The Morgan fingerprint density at radius 1 is 1.24 bits per heavy atom. The Morgan fingerprint density at radius 3 is 2.72 bits per heavy atom. The second-order valence-electron chi connectivity index (χ2n) is 7.34. The number of carbonyl (C=O) groups excluding carboxylic acids is 1. The zero-order chi connectivity index (χ0) is 20.7. The molecule has 0 bridgehead atoms. The second kappa shape index (κ2) is 7.47. The normalized spacial score (nSPS) is 18.3. The fourth-order valence-electron chi connectivity index (χ4n) is 3.93. The summed E-state index contributed by atoms with van der Waals surface area (Å²) in [5, 5.41) is 15.5. The molecule has 0 fully saturated rings. The number of aromatic nitrogens is 2. The lowest BCUT2D eigenvalue weighted by Crippen LogP contribution is -2.33. The number of carbonyl (C=O) groups is 1. The highest BCUT2D eigenvalue weighted by atomic mass is 32.2. The van der Waals surface area contributed by atoms with Crippen molar-refractivity contribution in [2.75, 3.05) is 5.32 Å². The van der Waals surface area contributed by atoms with Gasteiger partial charge in [-0.25, -0.2) is 4.98 Å². The lowest BCUT2D eigenvalue weighted by molar-refractivity contribution is -0.385. The van der Waals surface area contributed by atoms with Crippen LogP contribution in [0.2, 0.25) is 0 Å². The van der Waals surface area contributed by atoms with Crippen molar-refractivity contribution in [3.05, 3.63) is 67.1 Å². The lowest BCUT2D eigenvalue weighted by Gasteiger charge is -2.32. The van der Waals surface area contributed by atoms with E-state index in [-0.39, 0.29) is 22.3 Å². The predicted molar refractivity (Wildman–Crippen MR) is 110 cm³/mol. The van der Waals surface area contributed by atoms with E-state index < -0.39 is 16.4 Å². The number of rotatable bonds is 4. The molecule has 2 aromatic rings. The van der Waals surface area contributed by atoms with Crippen molar-refractivity contribution >= 4 is 29.1 Å². The van der Waals surface area contributed by atoms with Gasteiger partial charge in [-0.3, -0.25) is 19.7 Å². The molecule has 0 radical (unpaired) electrons. The average molecular weight is 412 g/mol. The molecule has 1 aliphatic heterocycles. The first-order valence-corrected chi connectivity index (χ1v) is 10.3. The molecule has 0 saturated heterocycles. The number of nitrogens with one attached hydrogen (secondary N) is 2. The molecule has 1 atom stereocenters. The van der Waals surface area contributed by atoms with E-state index in [1.54, 1.807) is 18.2 Å². The molecule has 1 unspecified atom stereocenters. The Labute approximate surface area is 171 Å². The summed E-state index contributed by atoms with van der Waals surface area (Å²) in [4.78, 5) is 44.4. The van der Waals surface area contributed by atoms with Crippen LogP contribution in [0.4, 0.5) is 11.5 Å². The maximum atomic E-state index is 13.1. The molecule has 2 N–H and O–H groups in total. The smallest absolute Gasteiger partial charge is 0.273 e. The highest BCUT2D eigenvalue weighted by Gasteiger charge is 2.40. The van der Waals surface area contributed by atoms with E-state index in [2.05, 4.69) is 15.3 Å². The van der Waals surface area contributed by atoms with Gasteiger partial charge >= 0.3 is 0 Å². The van der Waals surface area contributed by atoms with Gasteiger partial charge in [0, 0.05) is 34.6 Å². The van der Waals surface area contributed by atoms with E-state index in [1.807, 2.05) is 13.8 Å². The number of anilines is 1. The van der Waals surface area contributed by atoms with Crippen LogP contribution in [0.5, 0.6) is 0 Å². The first kappa shape index (κ1) is 19.4. The molecular formula is C20H20N4O4S. The minimum absolute atomic E-state index is 0.0902. The highest BCUT2D eigenvalue weighted by Crippen LogP contribution is 2.45. The number of thioether (sulfide) groups is 1. The van der Waals surface area contributed by atoms with E-state index >= 15 is 0 Å². The van der Waals surface area contributed by atoms with Gasteiger partial charge in [0.1, 0.15) is 5.82 Å². The van der Waals surface area contributed by atoms with Crippen molar-refractivity contribution in [3.8, 4) is 0 Å². The number of benzene rings is 1. The van der Waals surface area contributed by atoms with E-state index in [1.165, 1.54) is 17.8 Å². The van der Waals surface area contributed by atoms with Crippen LogP contribution < -0.4 is 10.9 Å². The summed E-state index contributed by atoms with van der Waals surface area (Å²) >= 11 is 1.42. The number of H-pyrrole nitrogens is 1. The highest BCUT2D eigenvalue weighted by molar-refractivity contribution is 7.99. The number of hydrogen-bond acceptors (Lipinski definition) is 7. The van der Waals surface area contributed by atoms with Crippen LogP contribution in [0.1, 0.15) is 50.2 Å². The van der Waals surface area contributed by atoms with Gasteiger partial charge in [-0.15, -0.1) is 0 Å². The van der Waals surface area contributed by atoms with Crippen molar-refractivity contribution < 1.29 is 9.72 Å². The topological polar surface area (TPSA) is 118 Å². The SMILES string of the molecule is CC(C)Sc1nc2c(c(=O)[nH]1)C(c1ccccc1[N+](=O)[O-])C1=C(CCCC1=O)N2. The Morgan fingerprint density at radius 2 is 2.00 bits per heavy atom. The molecule has 0 saturated carbocycles. The van der Waals surface area contributed by atoms with Crippen molar-refractivity contribution in [1.29, 1.82) is 0 Å². The maximum absolute atomic E-state index is 13.1. The third-order valence-corrected chi connectivity index (χ3v) is 5.92. The fourth-order valence-corrected chi connectivity index (χ4v) is 4.67. The number of Topliss-reactive ketones (excluding diaryl/α,β-unsaturated/α-hetero) is 1. The van der Waals surface area contributed by atoms with Gasteiger partial charge in [-0.1, -0.05) is 43.8 Å².